The Morgan fingerprint density at radius 2 is 1.90 bits per heavy atom. The summed E-state index contributed by atoms with van der Waals surface area (Å²) in [5.41, 5.74) is 6.98. The van der Waals surface area contributed by atoms with Crippen molar-refractivity contribution in [1.29, 1.82) is 0 Å². The summed E-state index contributed by atoms with van der Waals surface area (Å²) in [4.78, 5) is 0. The third-order valence-electron chi connectivity index (χ3n) is 3.06. The molecule has 0 aliphatic heterocycles. The van der Waals surface area contributed by atoms with Gasteiger partial charge in [-0.2, -0.15) is 0 Å². The first kappa shape index (κ1) is 14.8. The van der Waals surface area contributed by atoms with Crippen molar-refractivity contribution < 1.29 is 9.13 Å². The third kappa shape index (κ3) is 3.71. The molecule has 0 heterocycles. The van der Waals surface area contributed by atoms with Crippen molar-refractivity contribution in [3.05, 3.63) is 64.4 Å². The van der Waals surface area contributed by atoms with Crippen LogP contribution in [0, 0.1) is 5.82 Å². The Labute approximate surface area is 123 Å². The lowest BCUT2D eigenvalue weighted by molar-refractivity contribution is 0.296. The van der Waals surface area contributed by atoms with E-state index in [1.807, 2.05) is 24.3 Å². The molecule has 2 N–H and O–H groups in total. The highest BCUT2D eigenvalue weighted by molar-refractivity contribution is 6.31. The number of halogens is 2. The van der Waals surface area contributed by atoms with E-state index in [9.17, 15) is 4.39 Å². The van der Waals surface area contributed by atoms with Gasteiger partial charge in [0, 0.05) is 5.56 Å². The van der Waals surface area contributed by atoms with Crippen molar-refractivity contribution in [3.8, 4) is 5.75 Å². The minimum atomic E-state index is -0.350. The molecule has 0 atom stereocenters. The monoisotopic (exact) mass is 293 g/mol. The van der Waals surface area contributed by atoms with Gasteiger partial charge in [0.15, 0.2) is 0 Å². The molecule has 106 valence electrons. The van der Waals surface area contributed by atoms with E-state index in [0.29, 0.717) is 17.1 Å². The summed E-state index contributed by atoms with van der Waals surface area (Å²) in [6, 6.07) is 12.3. The lowest BCUT2D eigenvalue weighted by Gasteiger charge is -2.12. The van der Waals surface area contributed by atoms with E-state index in [1.165, 1.54) is 6.07 Å². The molecule has 0 aliphatic carbocycles. The second-order valence-corrected chi connectivity index (χ2v) is 4.90. The second kappa shape index (κ2) is 7.27. The molecule has 0 aromatic heterocycles. The Morgan fingerprint density at radius 1 is 1.10 bits per heavy atom. The topological polar surface area (TPSA) is 35.2 Å². The molecule has 0 spiro atoms. The van der Waals surface area contributed by atoms with Crippen molar-refractivity contribution >= 4 is 11.6 Å². The molecule has 0 saturated heterocycles. The van der Waals surface area contributed by atoms with E-state index >= 15 is 0 Å². The highest BCUT2D eigenvalue weighted by Crippen LogP contribution is 2.24. The Morgan fingerprint density at radius 3 is 2.65 bits per heavy atom. The Bertz CT molecular complexity index is 554. The van der Waals surface area contributed by atoms with E-state index in [0.717, 1.165) is 24.2 Å². The van der Waals surface area contributed by atoms with E-state index in [-0.39, 0.29) is 12.4 Å². The van der Waals surface area contributed by atoms with Crippen LogP contribution in [0.5, 0.6) is 5.75 Å². The first-order valence-electron chi connectivity index (χ1n) is 6.56. The van der Waals surface area contributed by atoms with Crippen LogP contribution in [0.2, 0.25) is 5.02 Å². The fraction of sp³-hybridized carbons (Fsp3) is 0.250. The van der Waals surface area contributed by atoms with Gasteiger partial charge >= 0.3 is 0 Å². The van der Waals surface area contributed by atoms with E-state index in [2.05, 4.69) is 0 Å². The van der Waals surface area contributed by atoms with Crippen molar-refractivity contribution in [3.63, 3.8) is 0 Å². The smallest absolute Gasteiger partial charge is 0.131 e. The van der Waals surface area contributed by atoms with Crippen molar-refractivity contribution in [2.45, 2.75) is 19.4 Å². The van der Waals surface area contributed by atoms with Crippen LogP contribution in [0.25, 0.3) is 0 Å². The van der Waals surface area contributed by atoms with Crippen LogP contribution >= 0.6 is 11.6 Å². The van der Waals surface area contributed by atoms with Gasteiger partial charge < -0.3 is 10.5 Å². The third-order valence-corrected chi connectivity index (χ3v) is 3.41. The number of aryl methyl sites for hydroxylation is 1. The number of hydrogen-bond acceptors (Lipinski definition) is 2. The second-order valence-electron chi connectivity index (χ2n) is 4.49. The molecule has 2 nitrogen and oxygen atoms in total. The molecule has 2 rings (SSSR count). The fourth-order valence-corrected chi connectivity index (χ4v) is 2.18. The van der Waals surface area contributed by atoms with Gasteiger partial charge in [-0.05, 0) is 43.1 Å². The molecule has 0 saturated carbocycles. The molecule has 0 aliphatic rings. The summed E-state index contributed by atoms with van der Waals surface area (Å²) in [6.45, 7) is 0.749. The molecule has 0 fully saturated rings. The summed E-state index contributed by atoms with van der Waals surface area (Å²) >= 11 is 5.98. The highest BCUT2D eigenvalue weighted by atomic mass is 35.5. The SMILES string of the molecule is NCCCc1ccccc1OCc1c(F)cccc1Cl. The standard InChI is InChI=1S/C16H17ClFNO/c17-14-7-3-8-15(18)13(14)11-20-16-9-2-1-5-12(16)6-4-10-19/h1-3,5,7-9H,4,6,10-11,19H2. The Hall–Kier alpha value is -1.58. The Kier molecular flexibility index (Phi) is 5.39. The molecular formula is C16H17ClFNO. The van der Waals surface area contributed by atoms with Gasteiger partial charge in [0.1, 0.15) is 18.2 Å². The van der Waals surface area contributed by atoms with E-state index in [1.54, 1.807) is 12.1 Å². The molecule has 4 heteroatoms. The van der Waals surface area contributed by atoms with Crippen LogP contribution in [-0.2, 0) is 13.0 Å². The molecule has 20 heavy (non-hydrogen) atoms. The molecular weight excluding hydrogens is 277 g/mol. The molecule has 0 radical (unpaired) electrons. The zero-order valence-corrected chi connectivity index (χ0v) is 11.9. The predicted octanol–water partition coefficient (Wildman–Crippen LogP) is 3.95. The van der Waals surface area contributed by atoms with Gasteiger partial charge in [0.25, 0.3) is 0 Å². The van der Waals surface area contributed by atoms with Gasteiger partial charge in [0.05, 0.1) is 5.02 Å². The van der Waals surface area contributed by atoms with Crippen molar-refractivity contribution in [2.24, 2.45) is 5.73 Å². The molecule has 0 bridgehead atoms. The summed E-state index contributed by atoms with van der Waals surface area (Å²) < 4.78 is 19.4. The normalized spacial score (nSPS) is 10.6. The Balaban J connectivity index is 2.11. The van der Waals surface area contributed by atoms with Crippen molar-refractivity contribution in [2.75, 3.05) is 6.54 Å². The number of hydrogen-bond donors (Lipinski definition) is 1. The van der Waals surface area contributed by atoms with Gasteiger partial charge in [-0.15, -0.1) is 0 Å². The number of ether oxygens (including phenoxy) is 1. The van der Waals surface area contributed by atoms with Gasteiger partial charge in [-0.25, -0.2) is 4.39 Å². The van der Waals surface area contributed by atoms with Crippen LogP contribution in [0.3, 0.4) is 0 Å². The van der Waals surface area contributed by atoms with E-state index < -0.39 is 0 Å². The quantitative estimate of drug-likeness (QED) is 0.875. The maximum Gasteiger partial charge on any atom is 0.131 e. The first-order valence-corrected chi connectivity index (χ1v) is 6.94. The van der Waals surface area contributed by atoms with Crippen LogP contribution in [0.4, 0.5) is 4.39 Å². The zero-order valence-electron chi connectivity index (χ0n) is 11.1. The number of benzene rings is 2. The van der Waals surface area contributed by atoms with Crippen LogP contribution in [0.15, 0.2) is 42.5 Å². The first-order chi connectivity index (χ1) is 9.72. The van der Waals surface area contributed by atoms with Gasteiger partial charge in [-0.3, -0.25) is 0 Å². The fourth-order valence-electron chi connectivity index (χ4n) is 1.96. The number of nitrogens with two attached hydrogens (primary N) is 1. The molecule has 0 unspecified atom stereocenters. The van der Waals surface area contributed by atoms with E-state index in [4.69, 9.17) is 22.1 Å². The van der Waals surface area contributed by atoms with Gasteiger partial charge in [-0.1, -0.05) is 35.9 Å². The summed E-state index contributed by atoms with van der Waals surface area (Å²) in [7, 11) is 0. The average Bonchev–Trinajstić information content (AvgIpc) is 2.45. The lowest BCUT2D eigenvalue weighted by Crippen LogP contribution is -2.04. The largest absolute Gasteiger partial charge is 0.488 e. The lowest BCUT2D eigenvalue weighted by atomic mass is 10.1. The van der Waals surface area contributed by atoms with Crippen molar-refractivity contribution in [1.82, 2.24) is 0 Å². The predicted molar refractivity (Wildman–Crippen MR) is 79.6 cm³/mol. The van der Waals surface area contributed by atoms with Crippen LogP contribution < -0.4 is 10.5 Å². The van der Waals surface area contributed by atoms with Crippen LogP contribution in [-0.4, -0.2) is 6.54 Å². The molecule has 0 amide bonds. The molecule has 2 aromatic carbocycles. The maximum atomic E-state index is 13.7. The summed E-state index contributed by atoms with van der Waals surface area (Å²) in [5, 5.41) is 0.379. The minimum Gasteiger partial charge on any atom is -0.488 e. The number of para-hydroxylation sites is 1. The zero-order chi connectivity index (χ0) is 14.4. The average molecular weight is 294 g/mol. The highest BCUT2D eigenvalue weighted by Gasteiger charge is 2.09. The maximum absolute atomic E-state index is 13.7. The summed E-state index contributed by atoms with van der Waals surface area (Å²) in [5.74, 6) is 0.400. The van der Waals surface area contributed by atoms with Crippen LogP contribution in [0.1, 0.15) is 17.5 Å². The summed E-state index contributed by atoms with van der Waals surface area (Å²) in [6.07, 6.45) is 1.73. The van der Waals surface area contributed by atoms with Gasteiger partial charge in [0.2, 0.25) is 0 Å². The minimum absolute atomic E-state index is 0.116. The number of rotatable bonds is 6. The molecule has 2 aromatic rings.